The summed E-state index contributed by atoms with van der Waals surface area (Å²) in [6.45, 7) is 1.02. The Morgan fingerprint density at radius 3 is 2.14 bits per heavy atom. The van der Waals surface area contributed by atoms with E-state index in [0.717, 1.165) is 0 Å². The first-order chi connectivity index (χ1) is 2.91. The number of hydrogen-bond donors (Lipinski definition) is 0. The summed E-state index contributed by atoms with van der Waals surface area (Å²) in [5.74, 6) is 0. The van der Waals surface area contributed by atoms with E-state index < -0.39 is 0 Å². The predicted octanol–water partition coefficient (Wildman–Crippen LogP) is 0.956. The zero-order valence-corrected chi connectivity index (χ0v) is 4.77. The second-order valence-electron chi connectivity index (χ2n) is 0.806. The average Bonchev–Trinajstić information content (AvgIpc) is 1.61. The first-order valence-corrected chi connectivity index (χ1v) is 1.95. The molecule has 0 radical (unpaired) electrons. The van der Waals surface area contributed by atoms with Gasteiger partial charge in [0.25, 0.3) is 0 Å². The zero-order valence-electron chi connectivity index (χ0n) is 4.02. The summed E-state index contributed by atoms with van der Waals surface area (Å²) in [4.78, 5) is 0. The van der Waals surface area contributed by atoms with E-state index in [9.17, 15) is 0 Å². The van der Waals surface area contributed by atoms with Crippen LogP contribution in [0.15, 0.2) is 0 Å². The molecule has 0 aliphatic carbocycles. The van der Waals surface area contributed by atoms with Crippen molar-refractivity contribution in [1.29, 1.82) is 0 Å². The fourth-order valence-corrected chi connectivity index (χ4v) is 0.178. The van der Waals surface area contributed by atoms with Crippen molar-refractivity contribution in [2.75, 3.05) is 20.3 Å². The smallest absolute Gasteiger partial charge is 0.0916 e. The van der Waals surface area contributed by atoms with Crippen molar-refractivity contribution in [3.8, 4) is 0 Å². The molecule has 0 saturated heterocycles. The summed E-state index contributed by atoms with van der Waals surface area (Å²) in [5, 5.41) is 0. The van der Waals surface area contributed by atoms with Crippen molar-refractivity contribution in [3.05, 3.63) is 0 Å². The monoisotopic (exact) mass is 130 g/mol. The van der Waals surface area contributed by atoms with Gasteiger partial charge in [-0.1, -0.05) is 0 Å². The van der Waals surface area contributed by atoms with E-state index in [4.69, 9.17) is 11.9 Å². The number of hydrogen-bond acceptors (Lipinski definition) is 2. The zero-order chi connectivity index (χ0) is 4.83. The Bertz CT molecular complexity index is 24.9. The summed E-state index contributed by atoms with van der Waals surface area (Å²) in [6, 6.07) is 0. The van der Waals surface area contributed by atoms with Gasteiger partial charge in [-0.25, -0.2) is 0 Å². The average molecular weight is 131 g/mol. The second-order valence-corrected chi connectivity index (χ2v) is 1.02. The highest BCUT2D eigenvalue weighted by Crippen LogP contribution is 1.76. The molecule has 0 saturated carbocycles. The predicted molar refractivity (Wildman–Crippen MR) is 26.2 cm³/mol. The molecule has 0 heterocycles. The third-order valence-electron chi connectivity index (χ3n) is 0.365. The van der Waals surface area contributed by atoms with Crippen molar-refractivity contribution in [2.24, 2.45) is 0 Å². The van der Waals surface area contributed by atoms with Crippen LogP contribution in [0, 0.1) is 0 Å². The molecule has 46 valence electrons. The van der Waals surface area contributed by atoms with Crippen LogP contribution in [-0.2, 0) is 9.03 Å². The van der Waals surface area contributed by atoms with E-state index in [1.165, 1.54) is 0 Å². The minimum absolute atomic E-state index is 0. The van der Waals surface area contributed by atoms with Crippen LogP contribution in [0.1, 0.15) is 0 Å². The molecule has 0 aromatic rings. The van der Waals surface area contributed by atoms with Crippen LogP contribution in [0.5, 0.6) is 0 Å². The number of halogens is 2. The van der Waals surface area contributed by atoms with Crippen molar-refractivity contribution < 1.29 is 13.7 Å². The molecule has 7 heavy (non-hydrogen) atoms. The molecule has 0 aromatic heterocycles. The van der Waals surface area contributed by atoms with Gasteiger partial charge in [0.05, 0.1) is 25.1 Å². The molecule has 4 heteroatoms. The highest BCUT2D eigenvalue weighted by atomic mass is 35.5. The molecule has 0 aliphatic rings. The van der Waals surface area contributed by atoms with Crippen LogP contribution < -0.4 is 0 Å². The van der Waals surface area contributed by atoms with Crippen molar-refractivity contribution in [2.45, 2.75) is 0 Å². The topological polar surface area (TPSA) is 18.5 Å². The van der Waals surface area contributed by atoms with Crippen LogP contribution in [0.3, 0.4) is 0 Å². The molecule has 2 nitrogen and oxygen atoms in total. The molecule has 0 spiro atoms. The Morgan fingerprint density at radius 1 is 1.43 bits per heavy atom. The maximum Gasteiger partial charge on any atom is 0.0916 e. The van der Waals surface area contributed by atoms with Crippen molar-refractivity contribution >= 4 is 11.9 Å². The molecule has 0 aliphatic heterocycles. The minimum atomic E-state index is 0. The summed E-state index contributed by atoms with van der Waals surface area (Å²) < 4.78 is 8.70. The first kappa shape index (κ1) is 10.2. The maximum absolute atomic E-state index is 4.80. The second kappa shape index (κ2) is 9.46. The van der Waals surface area contributed by atoms with Gasteiger partial charge in [0.2, 0.25) is 0 Å². The van der Waals surface area contributed by atoms with Crippen molar-refractivity contribution in [3.63, 3.8) is 0 Å². The number of ether oxygens (including phenoxy) is 1. The van der Waals surface area contributed by atoms with Gasteiger partial charge in [0.15, 0.2) is 0 Å². The summed E-state index contributed by atoms with van der Waals surface area (Å²) in [6.07, 6.45) is 0. The fraction of sp³-hybridized carbons (Fsp3) is 1.00. The quantitative estimate of drug-likeness (QED) is 0.530. The lowest BCUT2D eigenvalue weighted by Gasteiger charge is -1.88. The Labute approximate surface area is 46.9 Å². The van der Waals surface area contributed by atoms with Gasteiger partial charge in [-0.05, 0) is 0 Å². The summed E-state index contributed by atoms with van der Waals surface area (Å²) >= 11 is 4.80. The van der Waals surface area contributed by atoms with E-state index in [0.29, 0.717) is 13.2 Å². The van der Waals surface area contributed by atoms with Gasteiger partial charge >= 0.3 is 0 Å². The Balaban J connectivity index is 0. The number of rotatable bonds is 3. The van der Waals surface area contributed by atoms with E-state index in [1.807, 2.05) is 0 Å². The summed E-state index contributed by atoms with van der Waals surface area (Å²) in [7, 11) is 1.59. The molecular formula is C3H8ClFO2. The standard InChI is InChI=1S/C3H7ClO2.FH/c1-5-2-3-6-4;/h2-3H2,1H3;1H. The largest absolute Gasteiger partial charge is 0.382 e. The van der Waals surface area contributed by atoms with Gasteiger partial charge in [0.1, 0.15) is 0 Å². The molecule has 0 fully saturated rings. The van der Waals surface area contributed by atoms with Crippen molar-refractivity contribution in [1.82, 2.24) is 0 Å². The lowest BCUT2D eigenvalue weighted by Crippen LogP contribution is -1.93. The normalized spacial score (nSPS) is 7.71. The lowest BCUT2D eigenvalue weighted by atomic mass is 10.8. The van der Waals surface area contributed by atoms with E-state index >= 15 is 0 Å². The molecular weight excluding hydrogens is 122 g/mol. The van der Waals surface area contributed by atoms with Crippen LogP contribution in [0.2, 0.25) is 0 Å². The van der Waals surface area contributed by atoms with Crippen LogP contribution in [0.4, 0.5) is 4.70 Å². The maximum atomic E-state index is 4.80. The molecule has 0 N–H and O–H groups in total. The lowest BCUT2D eigenvalue weighted by molar-refractivity contribution is 0.152. The van der Waals surface area contributed by atoms with E-state index in [2.05, 4.69) is 9.03 Å². The molecule has 0 unspecified atom stereocenters. The third-order valence-corrected chi connectivity index (χ3v) is 0.519. The summed E-state index contributed by atoms with van der Waals surface area (Å²) in [5.41, 5.74) is 0. The Kier molecular flexibility index (Phi) is 13.8. The third kappa shape index (κ3) is 10.7. The van der Waals surface area contributed by atoms with Gasteiger partial charge in [-0.3, -0.25) is 8.99 Å². The molecule has 0 amide bonds. The minimum Gasteiger partial charge on any atom is -0.382 e. The van der Waals surface area contributed by atoms with Gasteiger partial charge < -0.3 is 4.74 Å². The van der Waals surface area contributed by atoms with Gasteiger partial charge in [-0.2, -0.15) is 0 Å². The van der Waals surface area contributed by atoms with Gasteiger partial charge in [-0.15, -0.1) is 0 Å². The van der Waals surface area contributed by atoms with Crippen LogP contribution in [0.25, 0.3) is 0 Å². The molecule has 0 rings (SSSR count). The first-order valence-electron chi connectivity index (χ1n) is 1.64. The number of methoxy groups -OCH3 is 1. The van der Waals surface area contributed by atoms with E-state index in [-0.39, 0.29) is 4.70 Å². The van der Waals surface area contributed by atoms with Crippen LogP contribution in [-0.4, -0.2) is 20.3 Å². The molecule has 0 atom stereocenters. The Hall–Kier alpha value is 0.140. The molecule has 0 aromatic carbocycles. The Morgan fingerprint density at radius 2 is 2.00 bits per heavy atom. The van der Waals surface area contributed by atoms with Gasteiger partial charge in [0, 0.05) is 7.11 Å². The molecule has 0 bridgehead atoms. The SMILES string of the molecule is COCCOCl.F. The highest BCUT2D eigenvalue weighted by molar-refractivity contribution is 6.07. The van der Waals surface area contributed by atoms with Crippen LogP contribution >= 0.6 is 11.9 Å². The van der Waals surface area contributed by atoms with E-state index in [1.54, 1.807) is 7.11 Å². The highest BCUT2D eigenvalue weighted by Gasteiger charge is 1.75. The fourth-order valence-electron chi connectivity index (χ4n) is 0.115.